The SMILES string of the molecule is Cc1cccc(CN)c1N(C)CCN1CCCC1. The van der Waals surface area contributed by atoms with Gasteiger partial charge in [-0.05, 0) is 44.0 Å². The molecule has 1 fully saturated rings. The van der Waals surface area contributed by atoms with Crippen molar-refractivity contribution in [2.24, 2.45) is 5.73 Å². The topological polar surface area (TPSA) is 32.5 Å². The molecule has 2 N–H and O–H groups in total. The molecule has 18 heavy (non-hydrogen) atoms. The van der Waals surface area contributed by atoms with E-state index in [0.717, 1.165) is 13.1 Å². The van der Waals surface area contributed by atoms with E-state index in [9.17, 15) is 0 Å². The fourth-order valence-corrected chi connectivity index (χ4v) is 2.84. The van der Waals surface area contributed by atoms with Crippen molar-refractivity contribution in [3.05, 3.63) is 29.3 Å². The molecule has 1 aliphatic heterocycles. The van der Waals surface area contributed by atoms with Crippen molar-refractivity contribution < 1.29 is 0 Å². The molecule has 100 valence electrons. The maximum absolute atomic E-state index is 5.84. The number of hydrogen-bond donors (Lipinski definition) is 1. The molecule has 0 atom stereocenters. The summed E-state index contributed by atoms with van der Waals surface area (Å²) in [6.07, 6.45) is 2.73. The summed E-state index contributed by atoms with van der Waals surface area (Å²) in [5.74, 6) is 0. The van der Waals surface area contributed by atoms with Gasteiger partial charge < -0.3 is 15.5 Å². The second kappa shape index (κ2) is 6.21. The number of likely N-dealkylation sites (tertiary alicyclic amines) is 1. The lowest BCUT2D eigenvalue weighted by Crippen LogP contribution is -2.32. The van der Waals surface area contributed by atoms with Gasteiger partial charge >= 0.3 is 0 Å². The Morgan fingerprint density at radius 2 is 2.00 bits per heavy atom. The van der Waals surface area contributed by atoms with Crippen LogP contribution in [-0.4, -0.2) is 38.1 Å². The van der Waals surface area contributed by atoms with E-state index in [-0.39, 0.29) is 0 Å². The van der Waals surface area contributed by atoms with Gasteiger partial charge in [0.25, 0.3) is 0 Å². The van der Waals surface area contributed by atoms with E-state index < -0.39 is 0 Å². The van der Waals surface area contributed by atoms with Crippen molar-refractivity contribution >= 4 is 5.69 Å². The van der Waals surface area contributed by atoms with Crippen LogP contribution < -0.4 is 10.6 Å². The highest BCUT2D eigenvalue weighted by Crippen LogP contribution is 2.23. The molecular weight excluding hydrogens is 222 g/mol. The first-order valence-corrected chi connectivity index (χ1v) is 6.94. The van der Waals surface area contributed by atoms with Crippen LogP contribution in [-0.2, 0) is 6.54 Å². The second-order valence-corrected chi connectivity index (χ2v) is 5.26. The predicted molar refractivity (Wildman–Crippen MR) is 78.0 cm³/mol. The van der Waals surface area contributed by atoms with Crippen molar-refractivity contribution in [2.75, 3.05) is 38.1 Å². The lowest BCUT2D eigenvalue weighted by molar-refractivity contribution is 0.346. The average Bonchev–Trinajstić information content (AvgIpc) is 2.88. The Morgan fingerprint density at radius 1 is 1.28 bits per heavy atom. The molecule has 0 radical (unpaired) electrons. The first-order chi connectivity index (χ1) is 8.72. The van der Waals surface area contributed by atoms with Gasteiger partial charge in [-0.25, -0.2) is 0 Å². The molecule has 0 unspecified atom stereocenters. The van der Waals surface area contributed by atoms with Gasteiger partial charge in [-0.15, -0.1) is 0 Å². The molecule has 2 rings (SSSR count). The van der Waals surface area contributed by atoms with Crippen molar-refractivity contribution in [2.45, 2.75) is 26.3 Å². The highest BCUT2D eigenvalue weighted by Gasteiger charge is 2.14. The minimum Gasteiger partial charge on any atom is -0.373 e. The largest absolute Gasteiger partial charge is 0.373 e. The minimum atomic E-state index is 0.616. The van der Waals surface area contributed by atoms with Crippen LogP contribution in [0.25, 0.3) is 0 Å². The van der Waals surface area contributed by atoms with E-state index in [1.807, 2.05) is 0 Å². The first kappa shape index (κ1) is 13.4. The van der Waals surface area contributed by atoms with E-state index in [4.69, 9.17) is 5.73 Å². The molecule has 0 aliphatic carbocycles. The molecule has 1 aromatic rings. The number of anilines is 1. The Hall–Kier alpha value is -1.06. The summed E-state index contributed by atoms with van der Waals surface area (Å²) in [5.41, 5.74) is 9.73. The lowest BCUT2D eigenvalue weighted by atomic mass is 10.1. The summed E-state index contributed by atoms with van der Waals surface area (Å²) >= 11 is 0. The Bertz CT molecular complexity index is 383. The molecule has 3 heteroatoms. The molecule has 0 saturated carbocycles. The molecule has 1 aromatic carbocycles. The molecule has 1 saturated heterocycles. The van der Waals surface area contributed by atoms with E-state index in [1.54, 1.807) is 0 Å². The van der Waals surface area contributed by atoms with Crippen molar-refractivity contribution in [1.82, 2.24) is 4.90 Å². The van der Waals surface area contributed by atoms with E-state index in [1.165, 1.54) is 42.7 Å². The molecular formula is C15H25N3. The fraction of sp³-hybridized carbons (Fsp3) is 0.600. The van der Waals surface area contributed by atoms with Crippen molar-refractivity contribution in [3.8, 4) is 0 Å². The highest BCUT2D eigenvalue weighted by molar-refractivity contribution is 5.58. The number of aryl methyl sites for hydroxylation is 1. The highest BCUT2D eigenvalue weighted by atomic mass is 15.2. The average molecular weight is 247 g/mol. The fourth-order valence-electron chi connectivity index (χ4n) is 2.84. The Kier molecular flexibility index (Phi) is 4.61. The summed E-state index contributed by atoms with van der Waals surface area (Å²) in [6, 6.07) is 6.39. The normalized spacial score (nSPS) is 16.2. The number of para-hydroxylation sites is 1. The molecule has 0 bridgehead atoms. The summed E-state index contributed by atoms with van der Waals surface area (Å²) in [5, 5.41) is 0. The van der Waals surface area contributed by atoms with Crippen LogP contribution in [0.4, 0.5) is 5.69 Å². The van der Waals surface area contributed by atoms with Gasteiger partial charge in [0.05, 0.1) is 0 Å². The predicted octanol–water partition coefficient (Wildman–Crippen LogP) is 1.99. The van der Waals surface area contributed by atoms with Crippen LogP contribution in [0.2, 0.25) is 0 Å². The number of nitrogens with two attached hydrogens (primary N) is 1. The molecule has 1 heterocycles. The first-order valence-electron chi connectivity index (χ1n) is 6.94. The van der Waals surface area contributed by atoms with Gasteiger partial charge in [-0.3, -0.25) is 0 Å². The van der Waals surface area contributed by atoms with Crippen LogP contribution in [0.15, 0.2) is 18.2 Å². The maximum Gasteiger partial charge on any atom is 0.0439 e. The van der Waals surface area contributed by atoms with Crippen LogP contribution in [0.5, 0.6) is 0 Å². The van der Waals surface area contributed by atoms with E-state index in [2.05, 4.69) is 42.0 Å². The number of nitrogens with zero attached hydrogens (tertiary/aromatic N) is 2. The third-order valence-electron chi connectivity index (χ3n) is 3.87. The zero-order chi connectivity index (χ0) is 13.0. The Labute approximate surface area is 111 Å². The van der Waals surface area contributed by atoms with Gasteiger partial charge in [0.2, 0.25) is 0 Å². The van der Waals surface area contributed by atoms with Crippen LogP contribution in [0.1, 0.15) is 24.0 Å². The number of likely N-dealkylation sites (N-methyl/N-ethyl adjacent to an activating group) is 1. The summed E-state index contributed by atoms with van der Waals surface area (Å²) in [6.45, 7) is 7.56. The van der Waals surface area contributed by atoms with E-state index in [0.29, 0.717) is 6.54 Å². The van der Waals surface area contributed by atoms with Crippen molar-refractivity contribution in [3.63, 3.8) is 0 Å². The molecule has 0 aromatic heterocycles. The van der Waals surface area contributed by atoms with E-state index >= 15 is 0 Å². The summed E-state index contributed by atoms with van der Waals surface area (Å²) in [4.78, 5) is 4.91. The van der Waals surface area contributed by atoms with Gasteiger partial charge in [0.15, 0.2) is 0 Å². The number of hydrogen-bond acceptors (Lipinski definition) is 3. The quantitative estimate of drug-likeness (QED) is 0.863. The van der Waals surface area contributed by atoms with Gasteiger partial charge in [-0.1, -0.05) is 18.2 Å². The van der Waals surface area contributed by atoms with Gasteiger partial charge in [-0.2, -0.15) is 0 Å². The third kappa shape index (κ3) is 3.03. The molecule has 3 nitrogen and oxygen atoms in total. The molecule has 0 spiro atoms. The Balaban J connectivity index is 2.01. The molecule has 0 amide bonds. The van der Waals surface area contributed by atoms with Gasteiger partial charge in [0, 0.05) is 32.4 Å². The monoisotopic (exact) mass is 247 g/mol. The maximum atomic E-state index is 5.84. The standard InChI is InChI=1S/C15H25N3/c1-13-6-5-7-14(12-16)15(13)17(2)10-11-18-8-3-4-9-18/h5-7H,3-4,8-12,16H2,1-2H3. The van der Waals surface area contributed by atoms with Crippen LogP contribution >= 0.6 is 0 Å². The van der Waals surface area contributed by atoms with Crippen LogP contribution in [0, 0.1) is 6.92 Å². The zero-order valence-electron chi connectivity index (χ0n) is 11.7. The third-order valence-corrected chi connectivity index (χ3v) is 3.87. The Morgan fingerprint density at radius 3 is 2.67 bits per heavy atom. The summed E-state index contributed by atoms with van der Waals surface area (Å²) in [7, 11) is 2.18. The lowest BCUT2D eigenvalue weighted by Gasteiger charge is -2.26. The number of benzene rings is 1. The second-order valence-electron chi connectivity index (χ2n) is 5.26. The molecule has 1 aliphatic rings. The zero-order valence-corrected chi connectivity index (χ0v) is 11.7. The van der Waals surface area contributed by atoms with Crippen molar-refractivity contribution in [1.29, 1.82) is 0 Å². The van der Waals surface area contributed by atoms with Crippen LogP contribution in [0.3, 0.4) is 0 Å². The summed E-state index contributed by atoms with van der Waals surface area (Å²) < 4.78 is 0. The smallest absolute Gasteiger partial charge is 0.0439 e. The minimum absolute atomic E-state index is 0.616. The van der Waals surface area contributed by atoms with Gasteiger partial charge in [0.1, 0.15) is 0 Å². The number of rotatable bonds is 5.